The average molecular weight is 618 g/mol. The van der Waals surface area contributed by atoms with Crippen molar-refractivity contribution in [2.75, 3.05) is 4.90 Å². The lowest BCUT2D eigenvalue weighted by molar-refractivity contribution is 0.669. The van der Waals surface area contributed by atoms with E-state index in [0.29, 0.717) is 0 Å². The Bertz CT molecular complexity index is 2790. The molecule has 0 amide bonds. The van der Waals surface area contributed by atoms with Crippen LogP contribution < -0.4 is 4.90 Å². The molecule has 10 rings (SSSR count). The topological polar surface area (TPSA) is 16.4 Å². The lowest BCUT2D eigenvalue weighted by Gasteiger charge is -2.26. The van der Waals surface area contributed by atoms with Gasteiger partial charge in [0, 0.05) is 59.5 Å². The number of nitrogens with zero attached hydrogens (tertiary/aromatic N) is 1. The molecule has 47 heavy (non-hydrogen) atoms. The summed E-state index contributed by atoms with van der Waals surface area (Å²) in [6.45, 7) is 0. The van der Waals surface area contributed by atoms with E-state index >= 15 is 0 Å². The van der Waals surface area contributed by atoms with Crippen molar-refractivity contribution in [3.63, 3.8) is 0 Å². The first-order valence-electron chi connectivity index (χ1n) is 15.9. The molecule has 2 heterocycles. The Kier molecular flexibility index (Phi) is 5.78. The molecule has 0 saturated heterocycles. The zero-order chi connectivity index (χ0) is 30.9. The molecule has 220 valence electrons. The summed E-state index contributed by atoms with van der Waals surface area (Å²) in [5.41, 5.74) is 7.43. The van der Waals surface area contributed by atoms with Crippen LogP contribution in [0.1, 0.15) is 0 Å². The summed E-state index contributed by atoms with van der Waals surface area (Å²) < 4.78 is 9.03. The third-order valence-corrected chi connectivity index (χ3v) is 10.6. The Labute approximate surface area is 275 Å². The molecule has 0 saturated carbocycles. The number of anilines is 3. The van der Waals surface area contributed by atoms with Crippen molar-refractivity contribution in [2.45, 2.75) is 0 Å². The highest BCUT2D eigenvalue weighted by molar-refractivity contribution is 7.26. The molecule has 0 fully saturated rings. The fourth-order valence-corrected chi connectivity index (χ4v) is 8.45. The lowest BCUT2D eigenvalue weighted by atomic mass is 9.98. The second-order valence-electron chi connectivity index (χ2n) is 12.1. The van der Waals surface area contributed by atoms with Crippen LogP contribution in [0.5, 0.6) is 0 Å². The van der Waals surface area contributed by atoms with Crippen molar-refractivity contribution >= 4 is 92.1 Å². The van der Waals surface area contributed by atoms with E-state index in [2.05, 4.69) is 157 Å². The summed E-state index contributed by atoms with van der Waals surface area (Å²) in [4.78, 5) is 2.35. The quantitative estimate of drug-likeness (QED) is 0.183. The summed E-state index contributed by atoms with van der Waals surface area (Å²) >= 11 is 1.89. The van der Waals surface area contributed by atoms with Crippen molar-refractivity contribution in [1.29, 1.82) is 0 Å². The van der Waals surface area contributed by atoms with Gasteiger partial charge in [-0.05, 0) is 75.8 Å². The fourth-order valence-electron chi connectivity index (χ4n) is 7.18. The van der Waals surface area contributed by atoms with E-state index in [1.807, 2.05) is 23.5 Å². The summed E-state index contributed by atoms with van der Waals surface area (Å²) in [7, 11) is 0. The van der Waals surface area contributed by atoms with Crippen LogP contribution in [0.15, 0.2) is 168 Å². The van der Waals surface area contributed by atoms with Gasteiger partial charge >= 0.3 is 0 Å². The zero-order valence-corrected chi connectivity index (χ0v) is 26.2. The predicted molar refractivity (Wildman–Crippen MR) is 202 cm³/mol. The van der Waals surface area contributed by atoms with Gasteiger partial charge in [-0.15, -0.1) is 11.3 Å². The number of furan rings is 1. The average Bonchev–Trinajstić information content (AvgIpc) is 3.70. The van der Waals surface area contributed by atoms with Gasteiger partial charge in [0.2, 0.25) is 0 Å². The van der Waals surface area contributed by atoms with E-state index in [-0.39, 0.29) is 0 Å². The molecule has 0 atom stereocenters. The van der Waals surface area contributed by atoms with E-state index in [1.54, 1.807) is 0 Å². The largest absolute Gasteiger partial charge is 0.456 e. The Hall–Kier alpha value is -5.90. The van der Waals surface area contributed by atoms with Crippen LogP contribution in [-0.4, -0.2) is 0 Å². The van der Waals surface area contributed by atoms with E-state index in [9.17, 15) is 0 Å². The van der Waals surface area contributed by atoms with Crippen LogP contribution >= 0.6 is 11.3 Å². The summed E-state index contributed by atoms with van der Waals surface area (Å²) in [6, 6.07) is 59.0. The minimum Gasteiger partial charge on any atom is -0.456 e. The number of hydrogen-bond donors (Lipinski definition) is 0. The third kappa shape index (κ3) is 4.17. The number of fused-ring (bicyclic) bond motifs is 10. The smallest absolute Gasteiger partial charge is 0.137 e. The second kappa shape index (κ2) is 10.3. The van der Waals surface area contributed by atoms with E-state index < -0.39 is 0 Å². The minimum atomic E-state index is 0.882. The first-order chi connectivity index (χ1) is 23.3. The van der Waals surface area contributed by atoms with E-state index in [0.717, 1.165) is 39.0 Å². The number of hydrogen-bond acceptors (Lipinski definition) is 3. The number of para-hydroxylation sites is 1. The molecule has 10 aromatic rings. The molecule has 8 aromatic carbocycles. The van der Waals surface area contributed by atoms with Crippen LogP contribution in [0.4, 0.5) is 17.1 Å². The van der Waals surface area contributed by atoms with Crippen molar-refractivity contribution in [3.8, 4) is 11.1 Å². The van der Waals surface area contributed by atoms with E-state index in [1.165, 1.54) is 52.8 Å². The molecular formula is C44H27NOS. The maximum atomic E-state index is 6.37. The van der Waals surface area contributed by atoms with Crippen molar-refractivity contribution in [2.24, 2.45) is 0 Å². The lowest BCUT2D eigenvalue weighted by Crippen LogP contribution is -2.09. The molecule has 0 unspecified atom stereocenters. The Morgan fingerprint density at radius 2 is 1.02 bits per heavy atom. The monoisotopic (exact) mass is 617 g/mol. The first kappa shape index (κ1) is 26.3. The number of rotatable bonds is 4. The molecule has 0 N–H and O–H groups in total. The van der Waals surface area contributed by atoms with Crippen LogP contribution in [0, 0.1) is 0 Å². The summed E-state index contributed by atoms with van der Waals surface area (Å²) in [6.07, 6.45) is 0. The molecule has 0 aliphatic rings. The molecular weight excluding hydrogens is 591 g/mol. The standard InChI is InChI=1S/C44H27NOS/c1-2-8-28(9-3-1)29-16-20-32(21-17-29)45(34-23-25-36-35-10-4-6-12-40(35)46-41(36)27-34)33-22-18-30-14-15-31-19-24-38-37-11-5-7-13-42(37)47-44(38)43(31)39(30)26-33/h1-27H. The summed E-state index contributed by atoms with van der Waals surface area (Å²) in [5, 5.41) is 9.97. The fraction of sp³-hybridized carbons (Fsp3) is 0. The number of thiophene rings is 1. The molecule has 0 aliphatic heterocycles. The Morgan fingerprint density at radius 1 is 0.404 bits per heavy atom. The zero-order valence-electron chi connectivity index (χ0n) is 25.4. The van der Waals surface area contributed by atoms with Crippen LogP contribution in [0.25, 0.3) is 74.8 Å². The molecule has 0 aliphatic carbocycles. The molecule has 3 heteroatoms. The van der Waals surface area contributed by atoms with Crippen LogP contribution in [0.3, 0.4) is 0 Å². The van der Waals surface area contributed by atoms with Crippen LogP contribution in [-0.2, 0) is 0 Å². The SMILES string of the molecule is c1ccc(-c2ccc(N(c3ccc4c(c3)oc3ccccc34)c3ccc4ccc5ccc6c7ccccc7sc6c5c4c3)cc2)cc1. The van der Waals surface area contributed by atoms with Gasteiger partial charge in [0.15, 0.2) is 0 Å². The second-order valence-corrected chi connectivity index (χ2v) is 13.2. The van der Waals surface area contributed by atoms with Crippen molar-refractivity contribution < 1.29 is 4.42 Å². The molecule has 0 bridgehead atoms. The van der Waals surface area contributed by atoms with Gasteiger partial charge in [0.1, 0.15) is 11.2 Å². The number of benzene rings is 8. The van der Waals surface area contributed by atoms with Gasteiger partial charge in [-0.1, -0.05) is 109 Å². The normalized spacial score (nSPS) is 11.8. The van der Waals surface area contributed by atoms with E-state index in [4.69, 9.17) is 4.42 Å². The van der Waals surface area contributed by atoms with Gasteiger partial charge in [-0.25, -0.2) is 0 Å². The maximum Gasteiger partial charge on any atom is 0.137 e. The highest BCUT2D eigenvalue weighted by atomic mass is 32.1. The van der Waals surface area contributed by atoms with Gasteiger partial charge in [0.05, 0.1) is 0 Å². The van der Waals surface area contributed by atoms with Gasteiger partial charge < -0.3 is 9.32 Å². The van der Waals surface area contributed by atoms with Crippen molar-refractivity contribution in [3.05, 3.63) is 164 Å². The van der Waals surface area contributed by atoms with Gasteiger partial charge in [0.25, 0.3) is 0 Å². The van der Waals surface area contributed by atoms with Gasteiger partial charge in [-0.2, -0.15) is 0 Å². The van der Waals surface area contributed by atoms with Gasteiger partial charge in [-0.3, -0.25) is 0 Å². The highest BCUT2D eigenvalue weighted by Gasteiger charge is 2.18. The molecule has 0 spiro atoms. The first-order valence-corrected chi connectivity index (χ1v) is 16.7. The predicted octanol–water partition coefficient (Wildman–Crippen LogP) is 13.4. The molecule has 2 aromatic heterocycles. The third-order valence-electron chi connectivity index (χ3n) is 9.44. The van der Waals surface area contributed by atoms with Crippen LogP contribution in [0.2, 0.25) is 0 Å². The Morgan fingerprint density at radius 3 is 1.91 bits per heavy atom. The Balaban J connectivity index is 1.21. The van der Waals surface area contributed by atoms with Crippen molar-refractivity contribution in [1.82, 2.24) is 0 Å². The molecule has 0 radical (unpaired) electrons. The highest BCUT2D eigenvalue weighted by Crippen LogP contribution is 2.44. The minimum absolute atomic E-state index is 0.882. The summed E-state index contributed by atoms with van der Waals surface area (Å²) in [5.74, 6) is 0. The maximum absolute atomic E-state index is 6.37. The molecule has 2 nitrogen and oxygen atoms in total.